The van der Waals surface area contributed by atoms with Crippen LogP contribution in [0, 0.1) is 0 Å². The van der Waals surface area contributed by atoms with Gasteiger partial charge in [-0.15, -0.1) is 0 Å². The first-order chi connectivity index (χ1) is 6.90. The smallest absolute Gasteiger partial charge is 0.276 e. The molecule has 0 aromatic carbocycles. The van der Waals surface area contributed by atoms with E-state index < -0.39 is 36.3 Å². The van der Waals surface area contributed by atoms with E-state index in [0.717, 1.165) is 0 Å². The van der Waals surface area contributed by atoms with E-state index in [1.54, 1.807) is 0 Å². The van der Waals surface area contributed by atoms with E-state index in [4.69, 9.17) is 10.2 Å². The van der Waals surface area contributed by atoms with Crippen molar-refractivity contribution in [2.24, 2.45) is 0 Å². The number of aliphatic hydroxyl groups is 5. The summed E-state index contributed by atoms with van der Waals surface area (Å²) in [7, 11) is 0. The molecule has 0 radical (unpaired) electrons. The molecule has 0 saturated heterocycles. The topological polar surface area (TPSA) is 130 Å². The van der Waals surface area contributed by atoms with Gasteiger partial charge in [-0.2, -0.15) is 0 Å². The van der Waals surface area contributed by atoms with Crippen LogP contribution in [0.25, 0.3) is 0 Å². The largest absolute Gasteiger partial charge is 0.394 e. The van der Waals surface area contributed by atoms with Crippen molar-refractivity contribution in [1.29, 1.82) is 0 Å². The monoisotopic (exact) mass is 241 g/mol. The van der Waals surface area contributed by atoms with Crippen LogP contribution in [0.15, 0.2) is 0 Å². The molecule has 0 aliphatic carbocycles. The van der Waals surface area contributed by atoms with Crippen LogP contribution in [0.4, 0.5) is 4.79 Å². The van der Waals surface area contributed by atoms with Crippen molar-refractivity contribution in [3.05, 3.63) is 0 Å². The Morgan fingerprint density at radius 2 is 1.60 bits per heavy atom. The van der Waals surface area contributed by atoms with E-state index in [0.29, 0.717) is 0 Å². The number of rotatable bonds is 6. The molecule has 4 atom stereocenters. The Kier molecular flexibility index (Phi) is 6.81. The number of nitrogens with one attached hydrogen (secondary N) is 1. The highest BCUT2D eigenvalue weighted by Gasteiger charge is 2.29. The quantitative estimate of drug-likeness (QED) is 0.249. The molecule has 0 spiro atoms. The maximum Gasteiger partial charge on any atom is 0.276 e. The van der Waals surface area contributed by atoms with Gasteiger partial charge in [0.15, 0.2) is 0 Å². The van der Waals surface area contributed by atoms with Gasteiger partial charge in [0.25, 0.3) is 5.24 Å². The molecule has 7 nitrogen and oxygen atoms in total. The van der Waals surface area contributed by atoms with Crippen molar-refractivity contribution in [2.45, 2.75) is 24.4 Å². The molecule has 0 saturated carbocycles. The van der Waals surface area contributed by atoms with Crippen molar-refractivity contribution in [1.82, 2.24) is 5.32 Å². The first-order valence-electron chi connectivity index (χ1n) is 4.20. The van der Waals surface area contributed by atoms with Crippen LogP contribution in [0.3, 0.4) is 0 Å². The fourth-order valence-electron chi connectivity index (χ4n) is 0.876. The third kappa shape index (κ3) is 5.30. The van der Waals surface area contributed by atoms with Crippen LogP contribution in [-0.4, -0.2) is 68.3 Å². The van der Waals surface area contributed by atoms with E-state index in [9.17, 15) is 20.1 Å². The molecule has 0 bridgehead atoms. The van der Waals surface area contributed by atoms with Crippen LogP contribution in [0.2, 0.25) is 0 Å². The Morgan fingerprint density at radius 3 is 2.00 bits per heavy atom. The molecule has 1 amide bonds. The van der Waals surface area contributed by atoms with Gasteiger partial charge in [0.1, 0.15) is 18.3 Å². The summed E-state index contributed by atoms with van der Waals surface area (Å²) in [6.07, 6.45) is -6.38. The lowest BCUT2D eigenvalue weighted by atomic mass is 10.0. The number of carbonyl (C=O) groups excluding carboxylic acids is 1. The van der Waals surface area contributed by atoms with Gasteiger partial charge in [-0.05, 0) is 0 Å². The Hall–Kier alpha value is -0.380. The molecule has 0 aliphatic heterocycles. The van der Waals surface area contributed by atoms with Gasteiger partial charge in [0.2, 0.25) is 0 Å². The minimum Gasteiger partial charge on any atom is -0.394 e. The molecule has 0 aliphatic rings. The minimum atomic E-state index is -1.69. The van der Waals surface area contributed by atoms with Gasteiger partial charge in [-0.25, -0.2) is 0 Å². The molecular weight excluding hydrogens is 226 g/mol. The summed E-state index contributed by atoms with van der Waals surface area (Å²) in [6, 6.07) is 0. The molecule has 0 fully saturated rings. The Balaban J connectivity index is 4.06. The highest BCUT2D eigenvalue weighted by Crippen LogP contribution is 2.04. The molecule has 15 heavy (non-hydrogen) atoms. The molecular formula is C7H15NO6S. The summed E-state index contributed by atoms with van der Waals surface area (Å²) in [6.45, 7) is -1.07. The fourth-order valence-corrected chi connectivity index (χ4v) is 0.967. The second-order valence-electron chi connectivity index (χ2n) is 2.98. The SMILES string of the molecule is O=C(S)NC[C@H](O)[C@@H](O)[C@H](O)[C@H](O)CO. The number of hydrogen-bond acceptors (Lipinski definition) is 6. The zero-order valence-electron chi connectivity index (χ0n) is 7.82. The second kappa shape index (κ2) is 6.99. The predicted molar refractivity (Wildman–Crippen MR) is 53.5 cm³/mol. The van der Waals surface area contributed by atoms with E-state index in [-0.39, 0.29) is 6.54 Å². The zero-order valence-corrected chi connectivity index (χ0v) is 8.71. The summed E-state index contributed by atoms with van der Waals surface area (Å²) in [5.74, 6) is 0. The van der Waals surface area contributed by atoms with Gasteiger partial charge in [-0.1, -0.05) is 12.6 Å². The first-order valence-corrected chi connectivity index (χ1v) is 4.64. The number of carbonyl (C=O) groups is 1. The number of aliphatic hydroxyl groups excluding tert-OH is 5. The lowest BCUT2D eigenvalue weighted by Crippen LogP contribution is -2.49. The number of thiol groups is 1. The average molecular weight is 241 g/mol. The number of amides is 1. The third-order valence-electron chi connectivity index (χ3n) is 1.79. The molecule has 0 aromatic rings. The maximum atomic E-state index is 10.3. The maximum absolute atomic E-state index is 10.3. The molecule has 0 rings (SSSR count). The molecule has 8 heteroatoms. The standard InChI is InChI=1S/C7H15NO6S/c9-2-4(11)6(13)5(12)3(10)1-8-7(14)15/h3-6,9-13H,1-2H2,(H2,8,14,15)/t3-,4+,5+,6+/m0/s1. The molecule has 90 valence electrons. The Labute approximate surface area is 91.8 Å². The van der Waals surface area contributed by atoms with Gasteiger partial charge >= 0.3 is 0 Å². The highest BCUT2D eigenvalue weighted by atomic mass is 32.1. The van der Waals surface area contributed by atoms with Crippen molar-refractivity contribution in [3.63, 3.8) is 0 Å². The molecule has 0 aromatic heterocycles. The van der Waals surface area contributed by atoms with Crippen molar-refractivity contribution in [3.8, 4) is 0 Å². The predicted octanol–water partition coefficient (Wildman–Crippen LogP) is -2.94. The van der Waals surface area contributed by atoms with Crippen LogP contribution in [-0.2, 0) is 0 Å². The van der Waals surface area contributed by atoms with Crippen LogP contribution < -0.4 is 5.32 Å². The van der Waals surface area contributed by atoms with Crippen molar-refractivity contribution < 1.29 is 30.3 Å². The van der Waals surface area contributed by atoms with Gasteiger partial charge in [0, 0.05) is 6.54 Å². The minimum absolute atomic E-state index is 0.321. The van der Waals surface area contributed by atoms with Crippen LogP contribution >= 0.6 is 12.6 Å². The second-order valence-corrected chi connectivity index (χ2v) is 3.39. The summed E-state index contributed by atoms with van der Waals surface area (Å²) in [5, 5.41) is 46.5. The van der Waals surface area contributed by atoms with E-state index in [1.807, 2.05) is 0 Å². The van der Waals surface area contributed by atoms with Crippen molar-refractivity contribution >= 4 is 17.9 Å². The van der Waals surface area contributed by atoms with E-state index >= 15 is 0 Å². The van der Waals surface area contributed by atoms with Crippen molar-refractivity contribution in [2.75, 3.05) is 13.2 Å². The normalized spacial score (nSPS) is 19.1. The van der Waals surface area contributed by atoms with Crippen LogP contribution in [0.5, 0.6) is 0 Å². The fraction of sp³-hybridized carbons (Fsp3) is 0.857. The number of hydrogen-bond donors (Lipinski definition) is 7. The van der Waals surface area contributed by atoms with E-state index in [2.05, 4.69) is 17.9 Å². The van der Waals surface area contributed by atoms with Gasteiger partial charge in [0.05, 0.1) is 12.7 Å². The van der Waals surface area contributed by atoms with Crippen LogP contribution in [0.1, 0.15) is 0 Å². The summed E-state index contributed by atoms with van der Waals surface area (Å²) < 4.78 is 0. The van der Waals surface area contributed by atoms with Gasteiger partial charge < -0.3 is 30.8 Å². The summed E-state index contributed by atoms with van der Waals surface area (Å²) >= 11 is 3.36. The van der Waals surface area contributed by atoms with Gasteiger partial charge in [-0.3, -0.25) is 4.79 Å². The summed E-state index contributed by atoms with van der Waals surface area (Å²) in [4.78, 5) is 10.3. The zero-order chi connectivity index (χ0) is 12.0. The molecule has 0 unspecified atom stereocenters. The Morgan fingerprint density at radius 1 is 1.13 bits per heavy atom. The molecule has 6 N–H and O–H groups in total. The highest BCUT2D eigenvalue weighted by molar-refractivity contribution is 7.96. The first kappa shape index (κ1) is 14.6. The van der Waals surface area contributed by atoms with E-state index in [1.165, 1.54) is 0 Å². The lowest BCUT2D eigenvalue weighted by molar-refractivity contribution is -0.113. The molecule has 0 heterocycles. The Bertz CT molecular complexity index is 204. The average Bonchev–Trinajstić information content (AvgIpc) is 2.22. The third-order valence-corrected chi connectivity index (χ3v) is 1.95. The summed E-state index contributed by atoms with van der Waals surface area (Å²) in [5.41, 5.74) is 0. The lowest BCUT2D eigenvalue weighted by Gasteiger charge is -2.25.